The van der Waals surface area contributed by atoms with Crippen molar-refractivity contribution in [2.75, 3.05) is 0 Å². The molecule has 1 aliphatic heterocycles. The van der Waals surface area contributed by atoms with Crippen LogP contribution in [0.15, 0.2) is 0 Å². The van der Waals surface area contributed by atoms with Crippen molar-refractivity contribution in [1.29, 1.82) is 0 Å². The van der Waals surface area contributed by atoms with Crippen molar-refractivity contribution < 1.29 is 9.53 Å². The molecule has 1 saturated heterocycles. The summed E-state index contributed by atoms with van der Waals surface area (Å²) in [5, 5.41) is 0. The zero-order valence-corrected chi connectivity index (χ0v) is 12.9. The Labute approximate surface area is 117 Å². The lowest BCUT2D eigenvalue weighted by molar-refractivity contribution is -0.215. The van der Waals surface area contributed by atoms with Gasteiger partial charge in [0.15, 0.2) is 0 Å². The van der Waals surface area contributed by atoms with E-state index >= 15 is 0 Å². The summed E-state index contributed by atoms with van der Waals surface area (Å²) in [6, 6.07) is 0. The summed E-state index contributed by atoms with van der Waals surface area (Å²) in [5.41, 5.74) is 0.638. The number of rotatable bonds is 0. The highest BCUT2D eigenvalue weighted by atomic mass is 16.6. The molecule has 3 fully saturated rings. The molecule has 2 aliphatic carbocycles. The van der Waals surface area contributed by atoms with Gasteiger partial charge in [-0.1, -0.05) is 27.2 Å². The Morgan fingerprint density at radius 2 is 1.74 bits per heavy atom. The molecule has 2 nitrogen and oxygen atoms in total. The molecule has 0 bridgehead atoms. The SMILES string of the molecule is CC1(C)CCC[C@]2(C)[C@@H]1CC[C@@]1(C)OC(=O)CC[C@@H]21. The van der Waals surface area contributed by atoms with Crippen LogP contribution in [0, 0.1) is 22.7 Å². The minimum absolute atomic E-state index is 0.0240. The summed E-state index contributed by atoms with van der Waals surface area (Å²) < 4.78 is 5.82. The molecule has 19 heavy (non-hydrogen) atoms. The molecule has 0 aromatic rings. The summed E-state index contributed by atoms with van der Waals surface area (Å²) >= 11 is 0. The Kier molecular flexibility index (Phi) is 2.82. The zero-order valence-electron chi connectivity index (χ0n) is 12.9. The highest BCUT2D eigenvalue weighted by Gasteiger charge is 2.60. The number of carbonyl (C=O) groups excluding carboxylic acids is 1. The highest BCUT2D eigenvalue weighted by molar-refractivity contribution is 5.71. The zero-order chi connectivity index (χ0) is 13.9. The fraction of sp³-hybridized carbons (Fsp3) is 0.941. The molecule has 3 aliphatic rings. The minimum atomic E-state index is -0.187. The summed E-state index contributed by atoms with van der Waals surface area (Å²) in [5.74, 6) is 1.38. The van der Waals surface area contributed by atoms with Crippen LogP contribution in [0.2, 0.25) is 0 Å². The monoisotopic (exact) mass is 264 g/mol. The Morgan fingerprint density at radius 3 is 2.47 bits per heavy atom. The molecule has 2 saturated carbocycles. The molecular weight excluding hydrogens is 236 g/mol. The summed E-state index contributed by atoms with van der Waals surface area (Å²) in [4.78, 5) is 11.7. The highest BCUT2D eigenvalue weighted by Crippen LogP contribution is 2.64. The first-order chi connectivity index (χ1) is 8.78. The number of fused-ring (bicyclic) bond motifs is 3. The van der Waals surface area contributed by atoms with E-state index in [0.29, 0.717) is 23.2 Å². The van der Waals surface area contributed by atoms with Crippen LogP contribution in [0.5, 0.6) is 0 Å². The predicted octanol–water partition coefficient (Wildman–Crippen LogP) is 4.32. The Bertz CT molecular complexity index is 400. The maximum atomic E-state index is 11.7. The standard InChI is InChI=1S/C17H28O2/c1-15(2)9-5-10-16(3)12(15)8-11-17(4)13(16)6-7-14(18)19-17/h12-13H,5-11H2,1-4H3/t12-,13+,16-,17-/m1/s1. The van der Waals surface area contributed by atoms with Gasteiger partial charge >= 0.3 is 5.97 Å². The van der Waals surface area contributed by atoms with Gasteiger partial charge in [-0.3, -0.25) is 4.79 Å². The van der Waals surface area contributed by atoms with Gasteiger partial charge in [0.05, 0.1) is 0 Å². The lowest BCUT2D eigenvalue weighted by atomic mass is 9.45. The smallest absolute Gasteiger partial charge is 0.306 e. The Morgan fingerprint density at radius 1 is 1.00 bits per heavy atom. The first-order valence-electron chi connectivity index (χ1n) is 8.00. The quantitative estimate of drug-likeness (QED) is 0.609. The van der Waals surface area contributed by atoms with Crippen LogP contribution in [0.4, 0.5) is 0 Å². The van der Waals surface area contributed by atoms with Gasteiger partial charge in [0.1, 0.15) is 5.60 Å². The molecule has 0 N–H and O–H groups in total. The first kappa shape index (κ1) is 13.5. The van der Waals surface area contributed by atoms with E-state index in [9.17, 15) is 4.79 Å². The number of ether oxygens (including phenoxy) is 1. The third-order valence-electron chi connectivity index (χ3n) is 6.72. The Balaban J connectivity index is 1.97. The normalized spacial score (nSPS) is 48.9. The third-order valence-corrected chi connectivity index (χ3v) is 6.72. The van der Waals surface area contributed by atoms with Gasteiger partial charge in [0, 0.05) is 12.3 Å². The third kappa shape index (κ3) is 1.86. The molecular formula is C17H28O2. The minimum Gasteiger partial charge on any atom is -0.459 e. The summed E-state index contributed by atoms with van der Waals surface area (Å²) in [6.45, 7) is 9.58. The molecule has 4 atom stereocenters. The van der Waals surface area contributed by atoms with Gasteiger partial charge in [0.2, 0.25) is 0 Å². The van der Waals surface area contributed by atoms with Crippen LogP contribution >= 0.6 is 0 Å². The van der Waals surface area contributed by atoms with Crippen molar-refractivity contribution in [3.8, 4) is 0 Å². The maximum Gasteiger partial charge on any atom is 0.306 e. The first-order valence-corrected chi connectivity index (χ1v) is 8.00. The van der Waals surface area contributed by atoms with Crippen LogP contribution in [0.25, 0.3) is 0 Å². The number of hydrogen-bond acceptors (Lipinski definition) is 2. The second-order valence-electron chi connectivity index (χ2n) is 8.32. The lowest BCUT2D eigenvalue weighted by Gasteiger charge is -2.62. The summed E-state index contributed by atoms with van der Waals surface area (Å²) in [7, 11) is 0. The molecule has 0 spiro atoms. The molecule has 0 aromatic heterocycles. The Hall–Kier alpha value is -0.530. The van der Waals surface area contributed by atoms with E-state index in [-0.39, 0.29) is 11.6 Å². The van der Waals surface area contributed by atoms with Gasteiger partial charge in [-0.25, -0.2) is 0 Å². The van der Waals surface area contributed by atoms with E-state index in [1.807, 2.05) is 0 Å². The van der Waals surface area contributed by atoms with Crippen molar-refractivity contribution in [3.05, 3.63) is 0 Å². The fourth-order valence-electron chi connectivity index (χ4n) is 5.94. The topological polar surface area (TPSA) is 26.3 Å². The van der Waals surface area contributed by atoms with Crippen LogP contribution in [-0.4, -0.2) is 11.6 Å². The van der Waals surface area contributed by atoms with E-state index in [1.165, 1.54) is 25.7 Å². The van der Waals surface area contributed by atoms with Crippen molar-refractivity contribution in [3.63, 3.8) is 0 Å². The van der Waals surface area contributed by atoms with Gasteiger partial charge in [-0.05, 0) is 55.8 Å². The number of carbonyl (C=O) groups is 1. The van der Waals surface area contributed by atoms with E-state index in [4.69, 9.17) is 4.74 Å². The van der Waals surface area contributed by atoms with Crippen LogP contribution in [-0.2, 0) is 9.53 Å². The molecule has 0 unspecified atom stereocenters. The predicted molar refractivity (Wildman–Crippen MR) is 75.7 cm³/mol. The molecule has 0 amide bonds. The molecule has 3 rings (SSSR count). The van der Waals surface area contributed by atoms with Gasteiger partial charge in [-0.15, -0.1) is 0 Å². The van der Waals surface area contributed by atoms with Crippen LogP contribution < -0.4 is 0 Å². The average molecular weight is 264 g/mol. The number of hydrogen-bond donors (Lipinski definition) is 0. The van der Waals surface area contributed by atoms with Crippen molar-refractivity contribution >= 4 is 5.97 Å². The van der Waals surface area contributed by atoms with Crippen molar-refractivity contribution in [1.82, 2.24) is 0 Å². The molecule has 0 aromatic carbocycles. The fourth-order valence-corrected chi connectivity index (χ4v) is 5.94. The van der Waals surface area contributed by atoms with Crippen LogP contribution in [0.1, 0.15) is 72.6 Å². The van der Waals surface area contributed by atoms with Crippen molar-refractivity contribution in [2.45, 2.75) is 78.2 Å². The van der Waals surface area contributed by atoms with Crippen molar-refractivity contribution in [2.24, 2.45) is 22.7 Å². The van der Waals surface area contributed by atoms with Gasteiger partial charge < -0.3 is 4.74 Å². The van der Waals surface area contributed by atoms with E-state index in [2.05, 4.69) is 27.7 Å². The molecule has 1 heterocycles. The number of esters is 1. The molecule has 108 valence electrons. The van der Waals surface area contributed by atoms with Crippen LogP contribution in [0.3, 0.4) is 0 Å². The maximum absolute atomic E-state index is 11.7. The second kappa shape index (κ2) is 3.99. The molecule has 0 radical (unpaired) electrons. The van der Waals surface area contributed by atoms with Gasteiger partial charge in [-0.2, -0.15) is 0 Å². The summed E-state index contributed by atoms with van der Waals surface area (Å²) in [6.07, 6.45) is 7.97. The second-order valence-corrected chi connectivity index (χ2v) is 8.32. The molecule has 2 heteroatoms. The van der Waals surface area contributed by atoms with E-state index < -0.39 is 0 Å². The largest absolute Gasteiger partial charge is 0.459 e. The average Bonchev–Trinajstić information content (AvgIpc) is 2.25. The van der Waals surface area contributed by atoms with E-state index in [0.717, 1.165) is 18.8 Å². The lowest BCUT2D eigenvalue weighted by Crippen LogP contribution is -2.60. The van der Waals surface area contributed by atoms with Gasteiger partial charge in [0.25, 0.3) is 0 Å². The van der Waals surface area contributed by atoms with E-state index in [1.54, 1.807) is 0 Å².